The Kier molecular flexibility index (Phi) is 7.84. The van der Waals surface area contributed by atoms with Gasteiger partial charge < -0.3 is 35.4 Å². The summed E-state index contributed by atoms with van der Waals surface area (Å²) in [6.45, 7) is 17.6. The molecule has 5 saturated carbocycles. The highest BCUT2D eigenvalue weighted by atomic mass is 16.5. The van der Waals surface area contributed by atoms with Gasteiger partial charge in [-0.05, 0) is 116 Å². The van der Waals surface area contributed by atoms with Crippen LogP contribution < -0.4 is 0 Å². The number of carboxylic acids is 1. The van der Waals surface area contributed by atoms with E-state index in [1.807, 2.05) is 6.92 Å². The van der Waals surface area contributed by atoms with Gasteiger partial charge in [-0.15, -0.1) is 0 Å². The number of aliphatic carboxylic acids is 1. The number of aliphatic hydroxyl groups is 5. The third kappa shape index (κ3) is 4.00. The van der Waals surface area contributed by atoms with E-state index in [0.29, 0.717) is 31.1 Å². The summed E-state index contributed by atoms with van der Waals surface area (Å²) in [5.41, 5.74) is -0.697. The molecule has 0 spiro atoms. The fraction of sp³-hybridized carbons (Fsp3) is 0.917. The minimum absolute atomic E-state index is 0.0268. The summed E-state index contributed by atoms with van der Waals surface area (Å²) >= 11 is 0. The van der Waals surface area contributed by atoms with Crippen LogP contribution in [0.2, 0.25) is 0 Å². The Hall–Kier alpha value is -1.03. The van der Waals surface area contributed by atoms with Crippen molar-refractivity contribution in [1.82, 2.24) is 0 Å². The van der Waals surface area contributed by atoms with Crippen molar-refractivity contribution in [3.8, 4) is 0 Å². The van der Waals surface area contributed by atoms with Gasteiger partial charge in [0.2, 0.25) is 0 Å². The van der Waals surface area contributed by atoms with Gasteiger partial charge in [-0.1, -0.05) is 46.8 Å². The molecule has 1 aliphatic heterocycles. The average molecular weight is 619 g/mol. The molecule has 0 aromatic carbocycles. The molecule has 0 aromatic heterocycles. The molecule has 16 atom stereocenters. The van der Waals surface area contributed by atoms with Gasteiger partial charge in [0, 0.05) is 5.92 Å². The molecule has 0 amide bonds. The van der Waals surface area contributed by atoms with Gasteiger partial charge in [0.25, 0.3) is 0 Å². The first-order chi connectivity index (χ1) is 20.4. The average Bonchev–Trinajstić information content (AvgIpc) is 3.37. The second-order valence-corrected chi connectivity index (χ2v) is 17.5. The smallest absolute Gasteiger partial charge is 0.310 e. The number of hydrogen-bond donors (Lipinski definition) is 6. The molecule has 6 rings (SSSR count). The van der Waals surface area contributed by atoms with Crippen molar-refractivity contribution in [2.24, 2.45) is 62.6 Å². The molecule has 44 heavy (non-hydrogen) atoms. The molecule has 1 unspecified atom stereocenters. The molecule has 1 heterocycles. The zero-order valence-electron chi connectivity index (χ0n) is 27.7. The fourth-order valence-electron chi connectivity index (χ4n) is 13.6. The van der Waals surface area contributed by atoms with Crippen LogP contribution in [0.4, 0.5) is 0 Å². The molecule has 0 aromatic rings. The Morgan fingerprint density at radius 1 is 0.818 bits per heavy atom. The lowest BCUT2D eigenvalue weighted by Gasteiger charge is -2.73. The lowest BCUT2D eigenvalue weighted by Crippen LogP contribution is -2.71. The highest BCUT2D eigenvalue weighted by molar-refractivity contribution is 5.77. The van der Waals surface area contributed by atoms with E-state index in [9.17, 15) is 35.4 Å². The maximum absolute atomic E-state index is 13.7. The highest BCUT2D eigenvalue weighted by Gasteiger charge is 2.75. The van der Waals surface area contributed by atoms with Gasteiger partial charge in [-0.2, -0.15) is 0 Å². The van der Waals surface area contributed by atoms with Crippen LogP contribution in [-0.2, 0) is 9.53 Å². The number of fused-ring (bicyclic) bond motifs is 7. The standard InChI is InChI=1S/C36H58O8/c1-18(2)19-10-15-36(31(42)43)21(30-29(41)28(40)27(39)22(17-37)44-30)16-35(7)20(26(19)36)8-9-24-33(5)13-12-25(38)32(3,4)23(33)11-14-34(24,35)6/h19-30,37-41H,1,8-17H2,2-7H3,(H,42,43)/t19-,20+,21?,22+,23-,24+,25-,26+,27-,28-,29+,30-,33-,34+,35+,36-/m0/s1. The van der Waals surface area contributed by atoms with Crippen LogP contribution >= 0.6 is 0 Å². The van der Waals surface area contributed by atoms with E-state index < -0.39 is 54.4 Å². The van der Waals surface area contributed by atoms with Crippen molar-refractivity contribution in [1.29, 1.82) is 0 Å². The van der Waals surface area contributed by atoms with E-state index in [-0.39, 0.29) is 45.5 Å². The first-order valence-electron chi connectivity index (χ1n) is 17.3. The first-order valence-corrected chi connectivity index (χ1v) is 17.3. The molecule has 0 radical (unpaired) electrons. The summed E-state index contributed by atoms with van der Waals surface area (Å²) in [5, 5.41) is 65.4. The number of ether oxygens (including phenoxy) is 1. The second kappa shape index (κ2) is 10.5. The minimum atomic E-state index is -1.54. The number of allylic oxidation sites excluding steroid dienone is 1. The quantitative estimate of drug-likeness (QED) is 0.258. The molecule has 8 heteroatoms. The molecular formula is C36H58O8. The normalized spacial score (nSPS) is 56.5. The van der Waals surface area contributed by atoms with Crippen LogP contribution in [-0.4, -0.2) is 79.8 Å². The van der Waals surface area contributed by atoms with Crippen molar-refractivity contribution < 1.29 is 40.2 Å². The van der Waals surface area contributed by atoms with Crippen LogP contribution in [0.5, 0.6) is 0 Å². The van der Waals surface area contributed by atoms with Crippen LogP contribution in [0.1, 0.15) is 99.3 Å². The van der Waals surface area contributed by atoms with Gasteiger partial charge in [-0.25, -0.2) is 0 Å². The van der Waals surface area contributed by atoms with Crippen molar-refractivity contribution in [3.63, 3.8) is 0 Å². The molecule has 6 aliphatic rings. The topological polar surface area (TPSA) is 148 Å². The maximum atomic E-state index is 13.7. The number of carbonyl (C=O) groups is 1. The molecule has 250 valence electrons. The van der Waals surface area contributed by atoms with Crippen LogP contribution in [0.3, 0.4) is 0 Å². The van der Waals surface area contributed by atoms with E-state index in [2.05, 4.69) is 41.2 Å². The van der Waals surface area contributed by atoms with Crippen LogP contribution in [0.25, 0.3) is 0 Å². The minimum Gasteiger partial charge on any atom is -0.481 e. The third-order valence-corrected chi connectivity index (χ3v) is 15.9. The highest BCUT2D eigenvalue weighted by Crippen LogP contribution is 2.78. The number of hydrogen-bond acceptors (Lipinski definition) is 7. The third-order valence-electron chi connectivity index (χ3n) is 15.9. The van der Waals surface area contributed by atoms with Gasteiger partial charge in [-0.3, -0.25) is 4.79 Å². The SMILES string of the molecule is C=C(C)[C@@H]1CC[C@]2(C(=O)O)C([C@@H]3O[C@H](CO)[C@H](O)[C@H](O)[C@H]3O)C[C@]3(C)[C@H](CC[C@@H]4[C@@]5(C)CC[C@H](O)C(C)(C)[C@@H]5CC[C@]43C)[C@@H]12. The van der Waals surface area contributed by atoms with Gasteiger partial charge in [0.15, 0.2) is 0 Å². The molecule has 6 N–H and O–H groups in total. The van der Waals surface area contributed by atoms with E-state index in [1.54, 1.807) is 0 Å². The van der Waals surface area contributed by atoms with E-state index >= 15 is 0 Å². The molecule has 5 aliphatic carbocycles. The predicted molar refractivity (Wildman–Crippen MR) is 165 cm³/mol. The Morgan fingerprint density at radius 3 is 2.11 bits per heavy atom. The summed E-state index contributed by atoms with van der Waals surface area (Å²) in [6.07, 6.45) is 0.517. The molecule has 0 bridgehead atoms. The molecule has 6 fully saturated rings. The number of rotatable bonds is 4. The zero-order chi connectivity index (χ0) is 32.4. The summed E-state index contributed by atoms with van der Waals surface area (Å²) in [6, 6.07) is 0. The van der Waals surface area contributed by atoms with E-state index in [4.69, 9.17) is 4.74 Å². The van der Waals surface area contributed by atoms with Crippen LogP contribution in [0, 0.1) is 62.6 Å². The maximum Gasteiger partial charge on any atom is 0.310 e. The first kappa shape index (κ1) is 32.9. The zero-order valence-corrected chi connectivity index (χ0v) is 27.7. The van der Waals surface area contributed by atoms with Gasteiger partial charge in [0.05, 0.1) is 24.2 Å². The van der Waals surface area contributed by atoms with Gasteiger partial charge >= 0.3 is 5.97 Å². The Morgan fingerprint density at radius 2 is 1.50 bits per heavy atom. The van der Waals surface area contributed by atoms with Crippen molar-refractivity contribution in [2.45, 2.75) is 136 Å². The molecule has 1 saturated heterocycles. The molecular weight excluding hydrogens is 560 g/mol. The van der Waals surface area contributed by atoms with Crippen molar-refractivity contribution >= 4 is 5.97 Å². The second-order valence-electron chi connectivity index (χ2n) is 17.5. The Labute approximate surface area is 263 Å². The number of aliphatic hydroxyl groups excluding tert-OH is 5. The lowest BCUT2D eigenvalue weighted by molar-refractivity contribution is -0.290. The van der Waals surface area contributed by atoms with Crippen LogP contribution in [0.15, 0.2) is 12.2 Å². The van der Waals surface area contributed by atoms with Gasteiger partial charge in [0.1, 0.15) is 24.4 Å². The van der Waals surface area contributed by atoms with E-state index in [0.717, 1.165) is 44.1 Å². The van der Waals surface area contributed by atoms with E-state index in [1.165, 1.54) is 0 Å². The van der Waals surface area contributed by atoms with Crippen molar-refractivity contribution in [2.75, 3.05) is 6.61 Å². The summed E-state index contributed by atoms with van der Waals surface area (Å²) in [7, 11) is 0. The molecule has 8 nitrogen and oxygen atoms in total. The Balaban J connectivity index is 1.50. The van der Waals surface area contributed by atoms with Crippen molar-refractivity contribution in [3.05, 3.63) is 12.2 Å². The fourth-order valence-corrected chi connectivity index (χ4v) is 13.6. The largest absolute Gasteiger partial charge is 0.481 e. The number of carboxylic acid groups (broad SMARTS) is 1. The summed E-state index contributed by atoms with van der Waals surface area (Å²) < 4.78 is 6.26. The summed E-state index contributed by atoms with van der Waals surface area (Å²) in [4.78, 5) is 13.7. The monoisotopic (exact) mass is 618 g/mol. The lowest BCUT2D eigenvalue weighted by atomic mass is 9.31. The summed E-state index contributed by atoms with van der Waals surface area (Å²) in [5.74, 6) is -0.712. The predicted octanol–water partition coefficient (Wildman–Crippen LogP) is 4.16. The Bertz CT molecular complexity index is 1170.